The van der Waals surface area contributed by atoms with Crippen molar-refractivity contribution in [1.29, 1.82) is 0 Å². The summed E-state index contributed by atoms with van der Waals surface area (Å²) in [4.78, 5) is 0.399. The molecule has 5 heteroatoms. The highest BCUT2D eigenvalue weighted by Crippen LogP contribution is 2.23. The van der Waals surface area contributed by atoms with Crippen LogP contribution in [0.3, 0.4) is 0 Å². The normalized spacial score (nSPS) is 23.5. The van der Waals surface area contributed by atoms with Crippen LogP contribution in [-0.2, 0) is 9.84 Å². The van der Waals surface area contributed by atoms with Gasteiger partial charge in [-0.05, 0) is 49.9 Å². The lowest BCUT2D eigenvalue weighted by molar-refractivity contribution is 0.594. The van der Waals surface area contributed by atoms with Crippen molar-refractivity contribution in [2.75, 3.05) is 11.1 Å². The Kier molecular flexibility index (Phi) is 4.47. The smallest absolute Gasteiger partial charge is 0.178 e. The van der Waals surface area contributed by atoms with Gasteiger partial charge in [-0.3, -0.25) is 0 Å². The van der Waals surface area contributed by atoms with Crippen molar-refractivity contribution in [3.8, 4) is 0 Å². The minimum atomic E-state index is -3.12. The largest absolute Gasteiger partial charge is 0.381 e. The summed E-state index contributed by atoms with van der Waals surface area (Å²) in [5, 5.41) is 3.38. The van der Waals surface area contributed by atoms with Crippen molar-refractivity contribution in [1.82, 2.24) is 0 Å². The number of nitrogens with one attached hydrogen (secondary N) is 1. The molecular formula is C14H22N2O2S. The van der Waals surface area contributed by atoms with E-state index in [2.05, 4.69) is 5.32 Å². The monoisotopic (exact) mass is 282 g/mol. The molecular weight excluding hydrogens is 260 g/mol. The summed E-state index contributed by atoms with van der Waals surface area (Å²) < 4.78 is 23.8. The first-order chi connectivity index (χ1) is 9.03. The van der Waals surface area contributed by atoms with E-state index in [1.807, 2.05) is 19.1 Å². The van der Waals surface area contributed by atoms with Gasteiger partial charge in [-0.1, -0.05) is 6.92 Å². The summed E-state index contributed by atoms with van der Waals surface area (Å²) in [5.74, 6) is 0.202. The number of hydrogen-bond donors (Lipinski definition) is 2. The van der Waals surface area contributed by atoms with Crippen LogP contribution in [0.5, 0.6) is 0 Å². The molecule has 0 amide bonds. The van der Waals surface area contributed by atoms with Gasteiger partial charge in [0.05, 0.1) is 10.6 Å². The first-order valence-electron chi connectivity index (χ1n) is 6.88. The lowest BCUT2D eigenvalue weighted by atomic mass is 10.2. The van der Waals surface area contributed by atoms with Crippen LogP contribution in [0.1, 0.15) is 32.6 Å². The molecule has 3 N–H and O–H groups in total. The van der Waals surface area contributed by atoms with Crippen molar-refractivity contribution in [2.24, 2.45) is 5.73 Å². The Labute approximate surface area is 115 Å². The van der Waals surface area contributed by atoms with Crippen molar-refractivity contribution < 1.29 is 8.42 Å². The number of rotatable bonds is 5. The third kappa shape index (κ3) is 3.48. The van der Waals surface area contributed by atoms with Crippen LogP contribution in [-0.4, -0.2) is 26.3 Å². The lowest BCUT2D eigenvalue weighted by Gasteiger charge is -2.18. The molecule has 1 fully saturated rings. The molecule has 2 unspecified atom stereocenters. The predicted molar refractivity (Wildman–Crippen MR) is 78.0 cm³/mol. The highest BCUT2D eigenvalue weighted by molar-refractivity contribution is 7.91. The Morgan fingerprint density at radius 1 is 1.26 bits per heavy atom. The lowest BCUT2D eigenvalue weighted by Crippen LogP contribution is -2.35. The van der Waals surface area contributed by atoms with Crippen LogP contribution in [0.25, 0.3) is 0 Å². The Morgan fingerprint density at radius 2 is 1.95 bits per heavy atom. The van der Waals surface area contributed by atoms with Gasteiger partial charge in [-0.2, -0.15) is 0 Å². The van der Waals surface area contributed by atoms with E-state index in [0.29, 0.717) is 17.4 Å². The standard InChI is InChI=1S/C14H22N2O2S/c1-2-10-19(17,18)12-8-6-11(7-9-12)16-14-5-3-4-13(14)15/h6-9,13-14,16H,2-5,10,15H2,1H3. The summed E-state index contributed by atoms with van der Waals surface area (Å²) in [7, 11) is -3.12. The van der Waals surface area contributed by atoms with E-state index in [9.17, 15) is 8.42 Å². The number of benzene rings is 1. The molecule has 0 saturated heterocycles. The molecule has 1 aliphatic carbocycles. The van der Waals surface area contributed by atoms with E-state index >= 15 is 0 Å². The number of anilines is 1. The van der Waals surface area contributed by atoms with Crippen LogP contribution >= 0.6 is 0 Å². The molecule has 1 aliphatic rings. The van der Waals surface area contributed by atoms with E-state index in [0.717, 1.165) is 24.9 Å². The predicted octanol–water partition coefficient (Wildman–Crippen LogP) is 2.16. The molecule has 0 spiro atoms. The topological polar surface area (TPSA) is 72.2 Å². The number of sulfone groups is 1. The van der Waals surface area contributed by atoms with Crippen LogP contribution in [0.2, 0.25) is 0 Å². The van der Waals surface area contributed by atoms with Gasteiger partial charge in [0, 0.05) is 17.8 Å². The molecule has 1 aromatic carbocycles. The second-order valence-electron chi connectivity index (χ2n) is 5.19. The molecule has 0 bridgehead atoms. The second-order valence-corrected chi connectivity index (χ2v) is 7.30. The van der Waals surface area contributed by atoms with Gasteiger partial charge in [0.1, 0.15) is 0 Å². The molecule has 0 heterocycles. The van der Waals surface area contributed by atoms with E-state index in [4.69, 9.17) is 5.73 Å². The summed E-state index contributed by atoms with van der Waals surface area (Å²) in [6.45, 7) is 1.87. The Bertz CT molecular complexity index is 511. The molecule has 1 aromatic rings. The third-order valence-electron chi connectivity index (χ3n) is 3.61. The zero-order valence-corrected chi connectivity index (χ0v) is 12.1. The molecule has 4 nitrogen and oxygen atoms in total. The average molecular weight is 282 g/mol. The SMILES string of the molecule is CCCS(=O)(=O)c1ccc(NC2CCCC2N)cc1. The maximum Gasteiger partial charge on any atom is 0.178 e. The van der Waals surface area contributed by atoms with Gasteiger partial charge in [0.2, 0.25) is 0 Å². The molecule has 1 saturated carbocycles. The fraction of sp³-hybridized carbons (Fsp3) is 0.571. The first-order valence-corrected chi connectivity index (χ1v) is 8.53. The third-order valence-corrected chi connectivity index (χ3v) is 5.54. The van der Waals surface area contributed by atoms with Gasteiger partial charge < -0.3 is 11.1 Å². The first kappa shape index (κ1) is 14.3. The molecule has 2 atom stereocenters. The minimum absolute atomic E-state index is 0.198. The molecule has 0 aliphatic heterocycles. The Morgan fingerprint density at radius 3 is 2.47 bits per heavy atom. The van der Waals surface area contributed by atoms with Crippen molar-refractivity contribution in [3.63, 3.8) is 0 Å². The van der Waals surface area contributed by atoms with Gasteiger partial charge in [-0.25, -0.2) is 8.42 Å². The quantitative estimate of drug-likeness (QED) is 0.868. The Hall–Kier alpha value is -1.07. The van der Waals surface area contributed by atoms with Crippen molar-refractivity contribution in [3.05, 3.63) is 24.3 Å². The number of hydrogen-bond acceptors (Lipinski definition) is 4. The second kappa shape index (κ2) is 5.92. The molecule has 106 valence electrons. The van der Waals surface area contributed by atoms with E-state index in [-0.39, 0.29) is 11.8 Å². The van der Waals surface area contributed by atoms with Crippen LogP contribution in [0.15, 0.2) is 29.2 Å². The van der Waals surface area contributed by atoms with E-state index in [1.165, 1.54) is 0 Å². The number of nitrogens with two attached hydrogens (primary N) is 1. The van der Waals surface area contributed by atoms with Crippen molar-refractivity contribution >= 4 is 15.5 Å². The van der Waals surface area contributed by atoms with E-state index in [1.54, 1.807) is 12.1 Å². The van der Waals surface area contributed by atoms with Gasteiger partial charge in [0.15, 0.2) is 9.84 Å². The highest BCUT2D eigenvalue weighted by atomic mass is 32.2. The molecule has 19 heavy (non-hydrogen) atoms. The molecule has 0 aromatic heterocycles. The van der Waals surface area contributed by atoms with Crippen LogP contribution in [0, 0.1) is 0 Å². The minimum Gasteiger partial charge on any atom is -0.381 e. The Balaban J connectivity index is 2.06. The summed E-state index contributed by atoms with van der Waals surface area (Å²) in [6, 6.07) is 7.50. The fourth-order valence-electron chi connectivity index (χ4n) is 2.53. The zero-order valence-electron chi connectivity index (χ0n) is 11.3. The molecule has 0 radical (unpaired) electrons. The van der Waals surface area contributed by atoms with Crippen molar-refractivity contribution in [2.45, 2.75) is 49.6 Å². The average Bonchev–Trinajstić information content (AvgIpc) is 2.76. The molecule has 2 rings (SSSR count). The maximum atomic E-state index is 11.9. The van der Waals surface area contributed by atoms with Gasteiger partial charge >= 0.3 is 0 Å². The van der Waals surface area contributed by atoms with Crippen LogP contribution in [0.4, 0.5) is 5.69 Å². The highest BCUT2D eigenvalue weighted by Gasteiger charge is 2.23. The van der Waals surface area contributed by atoms with Gasteiger partial charge in [-0.15, -0.1) is 0 Å². The van der Waals surface area contributed by atoms with Crippen LogP contribution < -0.4 is 11.1 Å². The maximum absolute atomic E-state index is 11.9. The fourth-order valence-corrected chi connectivity index (χ4v) is 3.85. The van der Waals surface area contributed by atoms with E-state index < -0.39 is 9.84 Å². The zero-order chi connectivity index (χ0) is 13.9. The summed E-state index contributed by atoms with van der Waals surface area (Å²) in [6.07, 6.45) is 3.93. The summed E-state index contributed by atoms with van der Waals surface area (Å²) in [5.41, 5.74) is 6.95. The van der Waals surface area contributed by atoms with Gasteiger partial charge in [0.25, 0.3) is 0 Å². The summed E-state index contributed by atoms with van der Waals surface area (Å²) >= 11 is 0.